The monoisotopic (exact) mass is 680 g/mol. The lowest BCUT2D eigenvalue weighted by Crippen LogP contribution is -2.60. The molecule has 0 saturated carbocycles. The molecular weight excluding hydrogens is 639 g/mol. The van der Waals surface area contributed by atoms with Crippen LogP contribution in [0.1, 0.15) is 57.0 Å². The molecule has 1 aliphatic carbocycles. The fourth-order valence-electron chi connectivity index (χ4n) is 10.1. The Labute approximate surface area is 312 Å². The molecule has 11 rings (SSSR count). The third-order valence-corrected chi connectivity index (χ3v) is 12.6. The summed E-state index contributed by atoms with van der Waals surface area (Å²) in [5, 5.41) is 3.90. The lowest BCUT2D eigenvalue weighted by molar-refractivity contribution is 0.590. The number of fused-ring (bicyclic) bond motifs is 11. The molecule has 3 heterocycles. The van der Waals surface area contributed by atoms with Gasteiger partial charge in [-0.2, -0.15) is 0 Å². The Bertz CT molecular complexity index is 2860. The van der Waals surface area contributed by atoms with Gasteiger partial charge in [0.25, 0.3) is 0 Å². The molecule has 0 bridgehead atoms. The molecule has 0 fully saturated rings. The van der Waals surface area contributed by atoms with Crippen LogP contribution in [0.3, 0.4) is 0 Å². The predicted molar refractivity (Wildman–Crippen MR) is 226 cm³/mol. The van der Waals surface area contributed by atoms with Gasteiger partial charge in [-0.1, -0.05) is 144 Å². The highest BCUT2D eigenvalue weighted by Crippen LogP contribution is 2.55. The van der Waals surface area contributed by atoms with Crippen LogP contribution >= 0.6 is 0 Å². The molecule has 0 unspecified atom stereocenters. The van der Waals surface area contributed by atoms with Gasteiger partial charge in [0, 0.05) is 44.7 Å². The van der Waals surface area contributed by atoms with Gasteiger partial charge in [-0.05, 0) is 103 Å². The van der Waals surface area contributed by atoms with Gasteiger partial charge in [-0.25, -0.2) is 0 Å². The van der Waals surface area contributed by atoms with Crippen LogP contribution in [-0.4, -0.2) is 11.4 Å². The van der Waals surface area contributed by atoms with E-state index < -0.39 is 0 Å². The fraction of sp³-hybridized carbons (Fsp3) is 0.160. The summed E-state index contributed by atoms with van der Waals surface area (Å²) in [6.07, 6.45) is 0. The van der Waals surface area contributed by atoms with Gasteiger partial charge in [-0.3, -0.25) is 0 Å². The first-order valence-corrected chi connectivity index (χ1v) is 19.1. The number of benzene rings is 7. The number of para-hydroxylation sites is 1. The Morgan fingerprint density at radius 3 is 2.11 bits per heavy atom. The van der Waals surface area contributed by atoms with Crippen LogP contribution < -0.4 is 15.7 Å². The van der Waals surface area contributed by atoms with Gasteiger partial charge in [0.1, 0.15) is 0 Å². The second-order valence-corrected chi connectivity index (χ2v) is 17.0. The second-order valence-electron chi connectivity index (χ2n) is 17.0. The summed E-state index contributed by atoms with van der Waals surface area (Å²) in [4.78, 5) is 2.66. The summed E-state index contributed by atoms with van der Waals surface area (Å²) in [7, 11) is 0. The van der Waals surface area contributed by atoms with E-state index in [0.29, 0.717) is 0 Å². The molecule has 3 heteroatoms. The van der Waals surface area contributed by atoms with Gasteiger partial charge < -0.3 is 9.38 Å². The number of anilines is 2. The molecule has 2 nitrogen and oxygen atoms in total. The van der Waals surface area contributed by atoms with Crippen molar-refractivity contribution < 1.29 is 0 Å². The van der Waals surface area contributed by atoms with Crippen LogP contribution in [0.15, 0.2) is 140 Å². The van der Waals surface area contributed by atoms with Crippen LogP contribution in [0.2, 0.25) is 0 Å². The summed E-state index contributed by atoms with van der Waals surface area (Å²) in [6.45, 7) is 14.0. The number of aromatic nitrogens is 1. The van der Waals surface area contributed by atoms with Crippen molar-refractivity contribution in [3.8, 4) is 39.1 Å². The molecule has 0 N–H and O–H groups in total. The molecule has 2 aliphatic heterocycles. The average molecular weight is 681 g/mol. The van der Waals surface area contributed by atoms with Gasteiger partial charge in [0.15, 0.2) is 0 Å². The van der Waals surface area contributed by atoms with E-state index in [0.717, 1.165) is 0 Å². The molecule has 254 valence electrons. The van der Waals surface area contributed by atoms with E-state index >= 15 is 0 Å². The highest BCUT2D eigenvalue weighted by molar-refractivity contribution is 6.93. The van der Waals surface area contributed by atoms with Crippen LogP contribution in [-0.2, 0) is 10.8 Å². The Kier molecular flexibility index (Phi) is 6.05. The van der Waals surface area contributed by atoms with Crippen LogP contribution in [0.5, 0.6) is 0 Å². The van der Waals surface area contributed by atoms with E-state index in [1.165, 1.54) is 105 Å². The molecule has 8 aromatic rings. The van der Waals surface area contributed by atoms with E-state index in [4.69, 9.17) is 0 Å². The highest BCUT2D eigenvalue weighted by atomic mass is 15.1. The molecule has 0 atom stereocenters. The van der Waals surface area contributed by atoms with Crippen molar-refractivity contribution in [2.75, 3.05) is 4.81 Å². The molecule has 1 aromatic heterocycles. The predicted octanol–water partition coefficient (Wildman–Crippen LogP) is 11.6. The van der Waals surface area contributed by atoms with E-state index in [1.54, 1.807) is 0 Å². The van der Waals surface area contributed by atoms with Crippen LogP contribution in [0.25, 0.3) is 60.7 Å². The van der Waals surface area contributed by atoms with Crippen molar-refractivity contribution in [1.29, 1.82) is 0 Å². The summed E-state index contributed by atoms with van der Waals surface area (Å²) in [5.74, 6) is 0. The first-order valence-electron chi connectivity index (χ1n) is 19.1. The minimum absolute atomic E-state index is 0.00958. The number of nitrogens with zero attached hydrogens (tertiary/aromatic N) is 2. The van der Waals surface area contributed by atoms with E-state index in [1.807, 2.05) is 0 Å². The third-order valence-electron chi connectivity index (χ3n) is 12.6. The maximum absolute atomic E-state index is 2.69. The van der Waals surface area contributed by atoms with Gasteiger partial charge in [-0.15, -0.1) is 0 Å². The lowest BCUT2D eigenvalue weighted by atomic mass is 9.43. The van der Waals surface area contributed by atoms with E-state index in [9.17, 15) is 0 Å². The second kappa shape index (κ2) is 10.4. The Morgan fingerprint density at radius 1 is 0.604 bits per heavy atom. The maximum Gasteiger partial charge on any atom is 0.333 e. The molecule has 7 aromatic carbocycles. The van der Waals surface area contributed by atoms with Crippen molar-refractivity contribution in [2.45, 2.75) is 52.4 Å². The molecule has 0 amide bonds. The summed E-state index contributed by atoms with van der Waals surface area (Å²) in [5.41, 5.74) is 21.1. The Balaban J connectivity index is 1.33. The van der Waals surface area contributed by atoms with Crippen molar-refractivity contribution >= 4 is 50.8 Å². The zero-order valence-corrected chi connectivity index (χ0v) is 31.3. The number of aryl methyl sites for hydroxylation is 1. The van der Waals surface area contributed by atoms with E-state index in [-0.39, 0.29) is 17.7 Å². The number of hydrogen-bond acceptors (Lipinski definition) is 1. The molecular formula is C50H41BN2. The Morgan fingerprint density at radius 2 is 1.32 bits per heavy atom. The smallest absolute Gasteiger partial charge is 0.333 e. The zero-order chi connectivity index (χ0) is 36.0. The van der Waals surface area contributed by atoms with Crippen molar-refractivity contribution in [1.82, 2.24) is 4.57 Å². The minimum atomic E-state index is -0.178. The first kappa shape index (κ1) is 30.8. The molecule has 3 aliphatic rings. The zero-order valence-electron chi connectivity index (χ0n) is 31.3. The van der Waals surface area contributed by atoms with Gasteiger partial charge in [0.05, 0.1) is 5.52 Å². The standard InChI is InChI=1S/C50H41BN2/c1-30-14-7-9-16-35(30)32-28-39-44-36-17-10-8-15-31(36)22-27-42(44)53(34-25-23-33(24-26-34)49(2,3)4)51-41-21-13-19-38-45-37-18-11-12-20-40(37)50(5,6)48(45)52(47(38)41)43(29-32)46(39)51/h7-29H,1-6H3. The van der Waals surface area contributed by atoms with Crippen LogP contribution in [0.4, 0.5) is 11.4 Å². The molecule has 0 saturated heterocycles. The van der Waals surface area contributed by atoms with Crippen molar-refractivity contribution in [3.63, 3.8) is 0 Å². The summed E-state index contributed by atoms with van der Waals surface area (Å²) in [6, 6.07) is 53.1. The minimum Gasteiger partial charge on any atom is -0.376 e. The van der Waals surface area contributed by atoms with Gasteiger partial charge >= 0.3 is 6.85 Å². The summed E-state index contributed by atoms with van der Waals surface area (Å²) >= 11 is 0. The fourth-order valence-corrected chi connectivity index (χ4v) is 10.1. The van der Waals surface area contributed by atoms with Gasteiger partial charge in [0.2, 0.25) is 0 Å². The third kappa shape index (κ3) is 4.00. The summed E-state index contributed by atoms with van der Waals surface area (Å²) < 4.78 is 2.69. The average Bonchev–Trinajstić information content (AvgIpc) is 3.64. The van der Waals surface area contributed by atoms with Crippen LogP contribution in [0, 0.1) is 6.92 Å². The van der Waals surface area contributed by atoms with E-state index in [2.05, 4.69) is 190 Å². The Hall–Kier alpha value is -5.80. The van der Waals surface area contributed by atoms with Crippen molar-refractivity contribution in [2.24, 2.45) is 0 Å². The molecule has 53 heavy (non-hydrogen) atoms. The number of rotatable bonds is 2. The lowest BCUT2D eigenvalue weighted by Gasteiger charge is -2.43. The topological polar surface area (TPSA) is 8.17 Å². The van der Waals surface area contributed by atoms with Crippen molar-refractivity contribution in [3.05, 3.63) is 162 Å². The number of hydrogen-bond donors (Lipinski definition) is 0. The normalized spacial score (nSPS) is 14.7. The SMILES string of the molecule is Cc1ccccc1-c1cc2c3c(c1)-n1c4c(c5cccc(c51)B3N(c1ccc(C(C)(C)C)cc1)c1ccc3ccccc3c1-2)-c1ccccc1C4(C)C. The maximum atomic E-state index is 2.69. The first-order chi connectivity index (χ1) is 25.6. The largest absolute Gasteiger partial charge is 0.376 e. The quantitative estimate of drug-likeness (QED) is 0.165. The molecule has 0 radical (unpaired) electrons. The molecule has 0 spiro atoms. The highest BCUT2D eigenvalue weighted by Gasteiger charge is 2.48.